The van der Waals surface area contributed by atoms with Crippen molar-refractivity contribution in [2.75, 3.05) is 7.11 Å². The normalized spacial score (nSPS) is 11.1. The lowest BCUT2D eigenvalue weighted by atomic mass is 10.0. The molecular weight excluding hydrogens is 296 g/mol. The summed E-state index contributed by atoms with van der Waals surface area (Å²) < 4.78 is 4.92. The van der Waals surface area contributed by atoms with E-state index in [1.165, 1.54) is 12.7 Å². The number of carbonyl (C=O) groups is 1. The maximum Gasteiger partial charge on any atom is 0.338 e. The zero-order valence-electron chi connectivity index (χ0n) is 13.5. The SMILES string of the molecule is COC(=O)C(=Cc1ccc(-c2ccccc2)cc1)c1ccccc1. The maximum absolute atomic E-state index is 12.1. The second-order valence-corrected chi connectivity index (χ2v) is 5.40. The zero-order chi connectivity index (χ0) is 16.8. The summed E-state index contributed by atoms with van der Waals surface area (Å²) in [5.41, 5.74) is 4.66. The highest BCUT2D eigenvalue weighted by Crippen LogP contribution is 2.23. The molecule has 0 N–H and O–H groups in total. The summed E-state index contributed by atoms with van der Waals surface area (Å²) in [7, 11) is 1.40. The minimum Gasteiger partial charge on any atom is -0.465 e. The van der Waals surface area contributed by atoms with Crippen molar-refractivity contribution in [3.8, 4) is 11.1 Å². The van der Waals surface area contributed by atoms with Gasteiger partial charge in [-0.05, 0) is 28.3 Å². The average molecular weight is 314 g/mol. The molecule has 0 radical (unpaired) electrons. The molecule has 0 amide bonds. The van der Waals surface area contributed by atoms with Gasteiger partial charge in [0.2, 0.25) is 0 Å². The Hall–Kier alpha value is -3.13. The summed E-state index contributed by atoms with van der Waals surface area (Å²) in [4.78, 5) is 12.1. The van der Waals surface area contributed by atoms with Crippen LogP contribution in [0.4, 0.5) is 0 Å². The summed E-state index contributed by atoms with van der Waals surface area (Å²) in [6.45, 7) is 0. The van der Waals surface area contributed by atoms with Gasteiger partial charge in [0.15, 0.2) is 0 Å². The first kappa shape index (κ1) is 15.8. The summed E-state index contributed by atoms with van der Waals surface area (Å²) in [6, 6.07) is 27.9. The van der Waals surface area contributed by atoms with E-state index in [1.807, 2.05) is 66.7 Å². The van der Waals surface area contributed by atoms with Gasteiger partial charge in [-0.1, -0.05) is 84.9 Å². The van der Waals surface area contributed by atoms with Crippen LogP contribution in [0.15, 0.2) is 84.9 Å². The molecule has 118 valence electrons. The molecule has 0 fully saturated rings. The number of benzene rings is 3. The third-order valence-corrected chi connectivity index (χ3v) is 3.82. The van der Waals surface area contributed by atoms with Gasteiger partial charge in [-0.15, -0.1) is 0 Å². The van der Waals surface area contributed by atoms with Crippen LogP contribution in [-0.4, -0.2) is 13.1 Å². The highest BCUT2D eigenvalue weighted by atomic mass is 16.5. The van der Waals surface area contributed by atoms with Crippen molar-refractivity contribution in [2.45, 2.75) is 0 Å². The lowest BCUT2D eigenvalue weighted by molar-refractivity contribution is -0.133. The molecule has 3 rings (SSSR count). The Kier molecular flexibility index (Phi) is 4.87. The number of rotatable bonds is 4. The first-order chi connectivity index (χ1) is 11.8. The second-order valence-electron chi connectivity index (χ2n) is 5.40. The highest BCUT2D eigenvalue weighted by Gasteiger charge is 2.12. The van der Waals surface area contributed by atoms with Gasteiger partial charge in [0.1, 0.15) is 0 Å². The Bertz CT molecular complexity index is 832. The zero-order valence-corrected chi connectivity index (χ0v) is 13.5. The Balaban J connectivity index is 1.94. The minimum absolute atomic E-state index is 0.340. The van der Waals surface area contributed by atoms with Crippen molar-refractivity contribution in [3.05, 3.63) is 96.1 Å². The van der Waals surface area contributed by atoms with E-state index in [1.54, 1.807) is 0 Å². The Morgan fingerprint density at radius 1 is 0.750 bits per heavy atom. The summed E-state index contributed by atoms with van der Waals surface area (Å²) in [6.07, 6.45) is 1.86. The Morgan fingerprint density at radius 3 is 1.88 bits per heavy atom. The molecule has 0 aliphatic carbocycles. The summed E-state index contributed by atoms with van der Waals surface area (Å²) >= 11 is 0. The van der Waals surface area contributed by atoms with Crippen molar-refractivity contribution >= 4 is 17.6 Å². The van der Waals surface area contributed by atoms with E-state index in [2.05, 4.69) is 24.3 Å². The lowest BCUT2D eigenvalue weighted by Crippen LogP contribution is -2.03. The van der Waals surface area contributed by atoms with Crippen LogP contribution in [0.1, 0.15) is 11.1 Å². The van der Waals surface area contributed by atoms with Crippen LogP contribution < -0.4 is 0 Å². The molecule has 3 aromatic rings. The fraction of sp³-hybridized carbons (Fsp3) is 0.0455. The predicted molar refractivity (Wildman–Crippen MR) is 98.2 cm³/mol. The number of ether oxygens (including phenoxy) is 1. The molecule has 0 saturated heterocycles. The van der Waals surface area contributed by atoms with Gasteiger partial charge >= 0.3 is 5.97 Å². The van der Waals surface area contributed by atoms with Gasteiger partial charge in [0.25, 0.3) is 0 Å². The van der Waals surface area contributed by atoms with Gasteiger partial charge in [-0.2, -0.15) is 0 Å². The van der Waals surface area contributed by atoms with Crippen LogP contribution in [-0.2, 0) is 9.53 Å². The van der Waals surface area contributed by atoms with Crippen LogP contribution in [0.25, 0.3) is 22.8 Å². The van der Waals surface area contributed by atoms with Crippen molar-refractivity contribution in [1.82, 2.24) is 0 Å². The maximum atomic E-state index is 12.1. The molecular formula is C22H18O2. The number of hydrogen-bond acceptors (Lipinski definition) is 2. The molecule has 0 bridgehead atoms. The molecule has 0 aliphatic rings. The summed E-state index contributed by atoms with van der Waals surface area (Å²) in [5.74, 6) is -0.340. The number of methoxy groups -OCH3 is 1. The fourth-order valence-corrected chi connectivity index (χ4v) is 2.56. The van der Waals surface area contributed by atoms with E-state index in [4.69, 9.17) is 4.74 Å². The van der Waals surface area contributed by atoms with E-state index in [0.29, 0.717) is 5.57 Å². The smallest absolute Gasteiger partial charge is 0.338 e. The number of carbonyl (C=O) groups excluding carboxylic acids is 1. The predicted octanol–water partition coefficient (Wildman–Crippen LogP) is 5.07. The van der Waals surface area contributed by atoms with Crippen LogP contribution in [0.3, 0.4) is 0 Å². The molecule has 0 spiro atoms. The van der Waals surface area contributed by atoms with Gasteiger partial charge < -0.3 is 4.74 Å². The van der Waals surface area contributed by atoms with Crippen LogP contribution >= 0.6 is 0 Å². The second kappa shape index (κ2) is 7.42. The quantitative estimate of drug-likeness (QED) is 0.382. The molecule has 3 aromatic carbocycles. The fourth-order valence-electron chi connectivity index (χ4n) is 2.56. The largest absolute Gasteiger partial charge is 0.465 e. The first-order valence-corrected chi connectivity index (χ1v) is 7.79. The third kappa shape index (κ3) is 3.61. The van der Waals surface area contributed by atoms with Gasteiger partial charge in [-0.25, -0.2) is 4.79 Å². The molecule has 0 saturated carbocycles. The molecule has 0 aliphatic heterocycles. The van der Waals surface area contributed by atoms with E-state index in [0.717, 1.165) is 16.7 Å². The van der Waals surface area contributed by atoms with Crippen LogP contribution in [0.5, 0.6) is 0 Å². The highest BCUT2D eigenvalue weighted by molar-refractivity contribution is 6.21. The molecule has 0 unspecified atom stereocenters. The van der Waals surface area contributed by atoms with Crippen molar-refractivity contribution < 1.29 is 9.53 Å². The van der Waals surface area contributed by atoms with Crippen LogP contribution in [0, 0.1) is 0 Å². The van der Waals surface area contributed by atoms with E-state index >= 15 is 0 Å². The molecule has 0 atom stereocenters. The van der Waals surface area contributed by atoms with Crippen LogP contribution in [0.2, 0.25) is 0 Å². The van der Waals surface area contributed by atoms with Crippen molar-refractivity contribution in [1.29, 1.82) is 0 Å². The Labute approximate surface area is 142 Å². The standard InChI is InChI=1S/C22H18O2/c1-24-22(23)21(20-10-6-3-7-11-20)16-17-12-14-19(15-13-17)18-8-4-2-5-9-18/h2-16H,1H3. The van der Waals surface area contributed by atoms with Gasteiger partial charge in [0, 0.05) is 0 Å². The topological polar surface area (TPSA) is 26.3 Å². The van der Waals surface area contributed by atoms with E-state index in [-0.39, 0.29) is 5.97 Å². The third-order valence-electron chi connectivity index (χ3n) is 3.82. The molecule has 2 nitrogen and oxygen atoms in total. The van der Waals surface area contributed by atoms with Gasteiger partial charge in [0.05, 0.1) is 12.7 Å². The van der Waals surface area contributed by atoms with E-state index < -0.39 is 0 Å². The van der Waals surface area contributed by atoms with Crippen molar-refractivity contribution in [3.63, 3.8) is 0 Å². The molecule has 0 aromatic heterocycles. The number of esters is 1. The first-order valence-electron chi connectivity index (χ1n) is 7.79. The number of hydrogen-bond donors (Lipinski definition) is 0. The molecule has 2 heteroatoms. The minimum atomic E-state index is -0.340. The van der Waals surface area contributed by atoms with Gasteiger partial charge in [-0.3, -0.25) is 0 Å². The summed E-state index contributed by atoms with van der Waals surface area (Å²) in [5, 5.41) is 0. The molecule has 0 heterocycles. The lowest BCUT2D eigenvalue weighted by Gasteiger charge is -2.07. The monoisotopic (exact) mass is 314 g/mol. The Morgan fingerprint density at radius 2 is 1.29 bits per heavy atom. The average Bonchev–Trinajstić information content (AvgIpc) is 2.67. The van der Waals surface area contributed by atoms with E-state index in [9.17, 15) is 4.79 Å². The molecule has 24 heavy (non-hydrogen) atoms. The van der Waals surface area contributed by atoms with Crippen molar-refractivity contribution in [2.24, 2.45) is 0 Å².